The second kappa shape index (κ2) is 8.76. The van der Waals surface area contributed by atoms with Gasteiger partial charge in [-0.1, -0.05) is 19.1 Å². The molecule has 0 spiro atoms. The van der Waals surface area contributed by atoms with Crippen LogP contribution in [0.25, 0.3) is 0 Å². The van der Waals surface area contributed by atoms with Crippen LogP contribution in [0.1, 0.15) is 45.1 Å². The number of likely N-dealkylation sites (tertiary alicyclic amines) is 1. The van der Waals surface area contributed by atoms with Crippen molar-refractivity contribution in [2.45, 2.75) is 44.9 Å². The number of hydrogen-bond acceptors (Lipinski definition) is 3. The number of nitrogens with zero attached hydrogens (tertiary/aromatic N) is 2. The molecule has 0 aliphatic carbocycles. The lowest BCUT2D eigenvalue weighted by Gasteiger charge is -2.37. The van der Waals surface area contributed by atoms with E-state index in [-0.39, 0.29) is 5.41 Å². The predicted molar refractivity (Wildman–Crippen MR) is 106 cm³/mol. The maximum Gasteiger partial charge on any atom is 0.191 e. The van der Waals surface area contributed by atoms with Crippen LogP contribution in [0.3, 0.4) is 0 Å². The van der Waals surface area contributed by atoms with Gasteiger partial charge < -0.3 is 20.1 Å². The van der Waals surface area contributed by atoms with E-state index in [2.05, 4.69) is 36.1 Å². The summed E-state index contributed by atoms with van der Waals surface area (Å²) >= 11 is 0. The second-order valence-corrected chi connectivity index (χ2v) is 7.69. The Morgan fingerprint density at radius 3 is 2.50 bits per heavy atom. The molecule has 0 atom stereocenters. The van der Waals surface area contributed by atoms with Crippen molar-refractivity contribution in [3.05, 3.63) is 29.8 Å². The van der Waals surface area contributed by atoms with Crippen molar-refractivity contribution in [3.63, 3.8) is 0 Å². The van der Waals surface area contributed by atoms with Gasteiger partial charge in [-0.05, 0) is 56.2 Å². The number of guanidine groups is 1. The molecule has 2 heterocycles. The zero-order valence-electron chi connectivity index (χ0n) is 16.2. The first-order chi connectivity index (χ1) is 12.6. The largest absolute Gasteiger partial charge is 0.494 e. The standard InChI is InChI=1S/C21H33N3O2/c1-3-26-19-6-4-18(5-7-19)21(10-14-25-15-11-21)16-23-20(22)24-12-8-17(2)9-13-24/h4-7,17H,3,8-16H2,1-2H3,(H2,22,23). The third kappa shape index (κ3) is 4.50. The van der Waals surface area contributed by atoms with Crippen LogP contribution in [0.4, 0.5) is 0 Å². The Hall–Kier alpha value is -1.75. The monoisotopic (exact) mass is 359 g/mol. The lowest BCUT2D eigenvalue weighted by atomic mass is 9.74. The lowest BCUT2D eigenvalue weighted by Crippen LogP contribution is -2.44. The van der Waals surface area contributed by atoms with Crippen molar-refractivity contribution in [2.75, 3.05) is 39.5 Å². The third-order valence-corrected chi connectivity index (χ3v) is 5.88. The van der Waals surface area contributed by atoms with E-state index in [4.69, 9.17) is 20.2 Å². The minimum atomic E-state index is 0.0106. The summed E-state index contributed by atoms with van der Waals surface area (Å²) in [5, 5.41) is 0. The Balaban J connectivity index is 1.73. The molecule has 5 nitrogen and oxygen atoms in total. The van der Waals surface area contributed by atoms with E-state index in [1.165, 1.54) is 18.4 Å². The van der Waals surface area contributed by atoms with Gasteiger partial charge in [0, 0.05) is 31.7 Å². The fourth-order valence-electron chi connectivity index (χ4n) is 3.94. The van der Waals surface area contributed by atoms with Crippen LogP contribution in [0.5, 0.6) is 5.75 Å². The molecular formula is C21H33N3O2. The van der Waals surface area contributed by atoms with E-state index in [1.807, 2.05) is 6.92 Å². The van der Waals surface area contributed by atoms with E-state index in [0.29, 0.717) is 12.6 Å². The zero-order chi connectivity index (χ0) is 18.4. The minimum Gasteiger partial charge on any atom is -0.494 e. The minimum absolute atomic E-state index is 0.0106. The lowest BCUT2D eigenvalue weighted by molar-refractivity contribution is 0.0530. The number of hydrogen-bond donors (Lipinski definition) is 1. The topological polar surface area (TPSA) is 60.1 Å². The number of ether oxygens (including phenoxy) is 2. The molecule has 0 unspecified atom stereocenters. The van der Waals surface area contributed by atoms with Gasteiger partial charge in [-0.25, -0.2) is 0 Å². The first-order valence-electron chi connectivity index (χ1n) is 9.99. The molecule has 144 valence electrons. The molecule has 26 heavy (non-hydrogen) atoms. The van der Waals surface area contributed by atoms with Crippen molar-refractivity contribution in [2.24, 2.45) is 16.6 Å². The Labute approximate surface area is 157 Å². The fourth-order valence-corrected chi connectivity index (χ4v) is 3.94. The summed E-state index contributed by atoms with van der Waals surface area (Å²) in [6.07, 6.45) is 4.37. The molecular weight excluding hydrogens is 326 g/mol. The quantitative estimate of drug-likeness (QED) is 0.648. The summed E-state index contributed by atoms with van der Waals surface area (Å²) in [6.45, 7) is 9.34. The van der Waals surface area contributed by atoms with Crippen LogP contribution in [-0.4, -0.2) is 50.3 Å². The van der Waals surface area contributed by atoms with Crippen molar-refractivity contribution in [1.29, 1.82) is 0 Å². The molecule has 0 saturated carbocycles. The number of nitrogens with two attached hydrogens (primary N) is 1. The molecule has 2 aliphatic heterocycles. The van der Waals surface area contributed by atoms with E-state index in [0.717, 1.165) is 57.4 Å². The van der Waals surface area contributed by atoms with Crippen molar-refractivity contribution in [3.8, 4) is 5.75 Å². The molecule has 2 aliphatic rings. The Kier molecular flexibility index (Phi) is 6.41. The van der Waals surface area contributed by atoms with E-state index in [1.54, 1.807) is 0 Å². The van der Waals surface area contributed by atoms with Gasteiger partial charge >= 0.3 is 0 Å². The molecule has 1 aromatic carbocycles. The molecule has 3 rings (SSSR count). The van der Waals surface area contributed by atoms with Crippen LogP contribution in [0.15, 0.2) is 29.3 Å². The van der Waals surface area contributed by atoms with Gasteiger partial charge in [0.15, 0.2) is 5.96 Å². The average Bonchev–Trinajstić information content (AvgIpc) is 2.68. The van der Waals surface area contributed by atoms with Gasteiger partial charge in [-0.2, -0.15) is 0 Å². The van der Waals surface area contributed by atoms with Gasteiger partial charge in [0.25, 0.3) is 0 Å². The Bertz CT molecular complexity index is 586. The van der Waals surface area contributed by atoms with Crippen LogP contribution in [-0.2, 0) is 10.2 Å². The maximum atomic E-state index is 6.34. The zero-order valence-corrected chi connectivity index (χ0v) is 16.2. The van der Waals surface area contributed by atoms with Crippen molar-refractivity contribution < 1.29 is 9.47 Å². The number of benzene rings is 1. The van der Waals surface area contributed by atoms with Gasteiger partial charge in [0.2, 0.25) is 0 Å². The molecule has 0 amide bonds. The number of piperidine rings is 1. The summed E-state index contributed by atoms with van der Waals surface area (Å²) < 4.78 is 11.2. The molecule has 5 heteroatoms. The highest BCUT2D eigenvalue weighted by atomic mass is 16.5. The van der Waals surface area contributed by atoms with E-state index < -0.39 is 0 Å². The fraction of sp³-hybridized carbons (Fsp3) is 0.667. The van der Waals surface area contributed by atoms with Crippen LogP contribution in [0.2, 0.25) is 0 Å². The summed E-state index contributed by atoms with van der Waals surface area (Å²) in [7, 11) is 0. The summed E-state index contributed by atoms with van der Waals surface area (Å²) in [5.74, 6) is 2.42. The first kappa shape index (κ1) is 19.0. The SMILES string of the molecule is CCOc1ccc(C2(CN=C(N)N3CCC(C)CC3)CCOCC2)cc1. The smallest absolute Gasteiger partial charge is 0.191 e. The van der Waals surface area contributed by atoms with Crippen LogP contribution in [0, 0.1) is 5.92 Å². The summed E-state index contributed by atoms with van der Waals surface area (Å²) in [4.78, 5) is 7.08. The van der Waals surface area contributed by atoms with Crippen molar-refractivity contribution >= 4 is 5.96 Å². The molecule has 0 aromatic heterocycles. The third-order valence-electron chi connectivity index (χ3n) is 5.88. The van der Waals surface area contributed by atoms with Crippen LogP contribution < -0.4 is 10.5 Å². The normalized spacial score (nSPS) is 21.6. The highest BCUT2D eigenvalue weighted by Crippen LogP contribution is 2.36. The highest BCUT2D eigenvalue weighted by molar-refractivity contribution is 5.78. The summed E-state index contributed by atoms with van der Waals surface area (Å²) in [6, 6.07) is 8.50. The van der Waals surface area contributed by atoms with Gasteiger partial charge in [-0.15, -0.1) is 0 Å². The Morgan fingerprint density at radius 1 is 1.23 bits per heavy atom. The number of rotatable bonds is 5. The number of aliphatic imine (C=N–C) groups is 1. The van der Waals surface area contributed by atoms with Gasteiger partial charge in [-0.3, -0.25) is 4.99 Å². The molecule has 2 N–H and O–H groups in total. The van der Waals surface area contributed by atoms with E-state index in [9.17, 15) is 0 Å². The molecule has 0 radical (unpaired) electrons. The second-order valence-electron chi connectivity index (χ2n) is 7.69. The molecule has 2 fully saturated rings. The van der Waals surface area contributed by atoms with Crippen LogP contribution >= 0.6 is 0 Å². The Morgan fingerprint density at radius 2 is 1.88 bits per heavy atom. The maximum absolute atomic E-state index is 6.34. The average molecular weight is 360 g/mol. The molecule has 1 aromatic rings. The highest BCUT2D eigenvalue weighted by Gasteiger charge is 2.34. The van der Waals surface area contributed by atoms with E-state index >= 15 is 0 Å². The first-order valence-corrected chi connectivity index (χ1v) is 9.99. The van der Waals surface area contributed by atoms with Gasteiger partial charge in [0.05, 0.1) is 13.2 Å². The summed E-state index contributed by atoms with van der Waals surface area (Å²) in [5.41, 5.74) is 7.66. The molecule has 0 bridgehead atoms. The predicted octanol–water partition coefficient (Wildman–Crippen LogP) is 3.18. The van der Waals surface area contributed by atoms with Crippen molar-refractivity contribution in [1.82, 2.24) is 4.90 Å². The van der Waals surface area contributed by atoms with Gasteiger partial charge in [0.1, 0.15) is 5.75 Å². The molecule has 2 saturated heterocycles.